The number of rotatable bonds is 3. The maximum absolute atomic E-state index is 8.60. The van der Waals surface area contributed by atoms with Crippen molar-refractivity contribution in [1.82, 2.24) is 0 Å². The average molecular weight is 172 g/mol. The molecule has 0 unspecified atom stereocenters. The van der Waals surface area contributed by atoms with Crippen LogP contribution >= 0.6 is 0 Å². The molecular weight excluding hydrogens is 160 g/mol. The van der Waals surface area contributed by atoms with Crippen LogP contribution in [0.2, 0.25) is 0 Å². The maximum Gasteiger partial charge on any atom is 0.373 e. The van der Waals surface area contributed by atoms with E-state index < -0.39 is 5.97 Å². The number of hydrogen-bond acceptors (Lipinski definition) is 4. The molecule has 4 nitrogen and oxygen atoms in total. The summed E-state index contributed by atoms with van der Waals surface area (Å²) in [5.74, 6) is -0.227. The van der Waals surface area contributed by atoms with E-state index in [1.165, 1.54) is 0 Å². The molecule has 0 atom stereocenters. The van der Waals surface area contributed by atoms with Crippen LogP contribution in [-0.2, 0) is 14.2 Å². The van der Waals surface area contributed by atoms with Crippen LogP contribution in [0.4, 0.5) is 0 Å². The van der Waals surface area contributed by atoms with Gasteiger partial charge in [0.15, 0.2) is 0 Å². The zero-order valence-corrected chi connectivity index (χ0v) is 7.00. The Balaban J connectivity index is 1.95. The highest BCUT2D eigenvalue weighted by Crippen LogP contribution is 2.40. The van der Waals surface area contributed by atoms with Gasteiger partial charge >= 0.3 is 5.97 Å². The highest BCUT2D eigenvalue weighted by atomic mass is 17.0. The zero-order valence-electron chi connectivity index (χ0n) is 7.00. The van der Waals surface area contributed by atoms with E-state index in [1.807, 2.05) is 0 Å². The molecule has 0 amide bonds. The molecule has 4 heteroatoms. The molecule has 12 heavy (non-hydrogen) atoms. The van der Waals surface area contributed by atoms with Crippen molar-refractivity contribution < 1.29 is 19.3 Å². The molecule has 1 fully saturated rings. The molecule has 0 radical (unpaired) electrons. The first-order valence-corrected chi connectivity index (χ1v) is 4.08. The first kappa shape index (κ1) is 7.89. The number of hydrogen-bond donors (Lipinski definition) is 1. The molecule has 0 saturated carbocycles. The lowest BCUT2D eigenvalue weighted by atomic mass is 10.1. The number of fused-ring (bicyclic) bond motifs is 2. The fourth-order valence-electron chi connectivity index (χ4n) is 1.29. The minimum Gasteiger partial charge on any atom is -0.398 e. The normalized spacial score (nSPS) is 24.2. The summed E-state index contributed by atoms with van der Waals surface area (Å²) in [6.45, 7) is 2.49. The van der Waals surface area contributed by atoms with Crippen LogP contribution in [0.3, 0.4) is 0 Å². The molecule has 3 aliphatic rings. The van der Waals surface area contributed by atoms with Crippen molar-refractivity contribution >= 4 is 0 Å². The van der Waals surface area contributed by atoms with Gasteiger partial charge in [-0.05, 0) is 12.8 Å². The van der Waals surface area contributed by atoms with E-state index in [1.54, 1.807) is 6.92 Å². The van der Waals surface area contributed by atoms with E-state index >= 15 is 0 Å². The fraction of sp³-hybridized carbons (Fsp3) is 0.750. The largest absolute Gasteiger partial charge is 0.398 e. The summed E-state index contributed by atoms with van der Waals surface area (Å²) in [7, 11) is 0. The van der Waals surface area contributed by atoms with Gasteiger partial charge in [-0.2, -0.15) is 0 Å². The van der Waals surface area contributed by atoms with Gasteiger partial charge in [-0.1, -0.05) is 0 Å². The predicted molar refractivity (Wildman–Crippen MR) is 39.9 cm³/mol. The molecule has 3 rings (SSSR count). The van der Waals surface area contributed by atoms with Crippen LogP contribution in [0.15, 0.2) is 11.5 Å². The van der Waals surface area contributed by atoms with E-state index in [2.05, 4.69) is 0 Å². The summed E-state index contributed by atoms with van der Waals surface area (Å²) in [5.41, 5.74) is 1.01. The minimum absolute atomic E-state index is 0.189. The van der Waals surface area contributed by atoms with Gasteiger partial charge in [-0.3, -0.25) is 0 Å². The van der Waals surface area contributed by atoms with E-state index in [4.69, 9.17) is 19.3 Å². The lowest BCUT2D eigenvalue weighted by Gasteiger charge is -2.44. The second-order valence-electron chi connectivity index (χ2n) is 3.07. The molecule has 0 aliphatic carbocycles. The van der Waals surface area contributed by atoms with Crippen LogP contribution < -0.4 is 0 Å². The van der Waals surface area contributed by atoms with Crippen molar-refractivity contribution in [1.29, 1.82) is 0 Å². The van der Waals surface area contributed by atoms with Crippen LogP contribution in [0, 0.1) is 0 Å². The average Bonchev–Trinajstić information content (AvgIpc) is 2.01. The van der Waals surface area contributed by atoms with Crippen molar-refractivity contribution in [2.75, 3.05) is 13.2 Å². The van der Waals surface area contributed by atoms with Gasteiger partial charge in [0.05, 0.1) is 6.61 Å². The summed E-state index contributed by atoms with van der Waals surface area (Å²) in [4.78, 5) is 0. The van der Waals surface area contributed by atoms with Gasteiger partial charge in [0.25, 0.3) is 5.95 Å². The van der Waals surface area contributed by atoms with Crippen LogP contribution in [0.1, 0.15) is 19.8 Å². The van der Waals surface area contributed by atoms with Crippen molar-refractivity contribution in [2.45, 2.75) is 25.7 Å². The van der Waals surface area contributed by atoms with Gasteiger partial charge in [-0.15, -0.1) is 0 Å². The van der Waals surface area contributed by atoms with Gasteiger partial charge in [-0.25, -0.2) is 0 Å². The first-order chi connectivity index (χ1) is 5.73. The molecule has 0 aromatic carbocycles. The minimum atomic E-state index is -0.821. The molecular formula is C8H12O4. The summed E-state index contributed by atoms with van der Waals surface area (Å²) in [6.07, 6.45) is 1.51. The predicted octanol–water partition coefficient (Wildman–Crippen LogP) is 0.721. The molecule has 0 aromatic rings. The zero-order chi connectivity index (χ0) is 8.60. The molecule has 3 aliphatic heterocycles. The van der Waals surface area contributed by atoms with Crippen molar-refractivity contribution in [3.8, 4) is 0 Å². The van der Waals surface area contributed by atoms with Gasteiger partial charge < -0.3 is 19.3 Å². The lowest BCUT2D eigenvalue weighted by molar-refractivity contribution is -0.457. The van der Waals surface area contributed by atoms with Crippen LogP contribution in [0.5, 0.6) is 0 Å². The van der Waals surface area contributed by atoms with Crippen molar-refractivity contribution in [2.24, 2.45) is 0 Å². The Morgan fingerprint density at radius 1 is 1.50 bits per heavy atom. The standard InChI is InChI=1S/C8H12O4/c1-8-10-5-6(3-2-4-9)7(11-8)12-8/h9H,2-5H2,1H3. The fourth-order valence-corrected chi connectivity index (χ4v) is 1.29. The van der Waals surface area contributed by atoms with Gasteiger partial charge in [0.2, 0.25) is 0 Å². The summed E-state index contributed by atoms with van der Waals surface area (Å²) < 4.78 is 15.7. The lowest BCUT2D eigenvalue weighted by Crippen LogP contribution is -2.49. The third-order valence-corrected chi connectivity index (χ3v) is 1.99. The Labute approximate surface area is 70.7 Å². The first-order valence-electron chi connectivity index (χ1n) is 4.08. The molecule has 3 heterocycles. The molecule has 1 N–H and O–H groups in total. The highest BCUT2D eigenvalue weighted by molar-refractivity contribution is 5.11. The Morgan fingerprint density at radius 3 is 2.75 bits per heavy atom. The van der Waals surface area contributed by atoms with Crippen LogP contribution in [0.25, 0.3) is 0 Å². The summed E-state index contributed by atoms with van der Waals surface area (Å²) in [5, 5.41) is 8.60. The van der Waals surface area contributed by atoms with E-state index in [-0.39, 0.29) is 6.61 Å². The Bertz CT molecular complexity index is 213. The second kappa shape index (κ2) is 2.64. The molecule has 1 saturated heterocycles. The third-order valence-electron chi connectivity index (χ3n) is 1.99. The smallest absolute Gasteiger partial charge is 0.373 e. The Kier molecular flexibility index (Phi) is 1.73. The van der Waals surface area contributed by atoms with Crippen molar-refractivity contribution in [3.05, 3.63) is 11.5 Å². The van der Waals surface area contributed by atoms with Gasteiger partial charge in [0, 0.05) is 19.1 Å². The van der Waals surface area contributed by atoms with E-state index in [0.717, 1.165) is 18.4 Å². The van der Waals surface area contributed by atoms with Gasteiger partial charge in [0.1, 0.15) is 0 Å². The highest BCUT2D eigenvalue weighted by Gasteiger charge is 2.48. The molecule has 68 valence electrons. The Morgan fingerprint density at radius 2 is 2.25 bits per heavy atom. The number of ether oxygens (including phenoxy) is 3. The van der Waals surface area contributed by atoms with Crippen LogP contribution in [-0.4, -0.2) is 24.3 Å². The molecule has 0 spiro atoms. The van der Waals surface area contributed by atoms with Crippen molar-refractivity contribution in [3.63, 3.8) is 0 Å². The number of aliphatic hydroxyl groups excluding tert-OH is 1. The van der Waals surface area contributed by atoms with E-state index in [9.17, 15) is 0 Å². The number of aliphatic hydroxyl groups is 1. The quantitative estimate of drug-likeness (QED) is 0.681. The molecule has 2 bridgehead atoms. The monoisotopic (exact) mass is 172 g/mol. The Hall–Kier alpha value is -0.740. The third kappa shape index (κ3) is 1.17. The topological polar surface area (TPSA) is 47.9 Å². The maximum atomic E-state index is 8.60. The SMILES string of the molecule is CC12OCC(CCCO)=C(O1)O2. The molecule has 0 aromatic heterocycles. The van der Waals surface area contributed by atoms with E-state index in [0.29, 0.717) is 12.6 Å². The summed E-state index contributed by atoms with van der Waals surface area (Å²) >= 11 is 0. The second-order valence-corrected chi connectivity index (χ2v) is 3.07. The summed E-state index contributed by atoms with van der Waals surface area (Å²) in [6, 6.07) is 0.